The number of rotatable bonds is 6. The molecule has 146 valence electrons. The lowest BCUT2D eigenvalue weighted by atomic mass is 9.77. The largest absolute Gasteiger partial charge is 0.207 e. The van der Waals surface area contributed by atoms with Gasteiger partial charge in [-0.05, 0) is 90.0 Å². The molecule has 1 fully saturated rings. The molecular formula is C27H31F. The molecule has 0 atom stereocenters. The Morgan fingerprint density at radius 3 is 2.14 bits per heavy atom. The van der Waals surface area contributed by atoms with Gasteiger partial charge in [-0.25, -0.2) is 4.39 Å². The number of hydrogen-bond donors (Lipinski definition) is 0. The monoisotopic (exact) mass is 374 g/mol. The smallest absolute Gasteiger partial charge is 0.123 e. The summed E-state index contributed by atoms with van der Waals surface area (Å²) in [5, 5.41) is 2.09. The summed E-state index contributed by atoms with van der Waals surface area (Å²) < 4.78 is 13.3. The Morgan fingerprint density at radius 2 is 1.39 bits per heavy atom. The van der Waals surface area contributed by atoms with Gasteiger partial charge in [-0.3, -0.25) is 0 Å². The zero-order chi connectivity index (χ0) is 19.3. The first-order chi connectivity index (χ1) is 13.7. The summed E-state index contributed by atoms with van der Waals surface area (Å²) >= 11 is 0. The highest BCUT2D eigenvalue weighted by atomic mass is 19.1. The highest BCUT2D eigenvalue weighted by molar-refractivity contribution is 5.83. The molecule has 0 aliphatic heterocycles. The normalized spacial score (nSPS) is 19.8. The molecule has 0 unspecified atom stereocenters. The van der Waals surface area contributed by atoms with Gasteiger partial charge in [0, 0.05) is 0 Å². The molecule has 1 aliphatic carbocycles. The molecule has 4 rings (SSSR count). The molecule has 0 spiro atoms. The Bertz CT molecular complexity index is 901. The molecule has 0 heterocycles. The second-order valence-corrected chi connectivity index (χ2v) is 8.57. The third kappa shape index (κ3) is 4.63. The lowest BCUT2D eigenvalue weighted by molar-refractivity contribution is 0.308. The summed E-state index contributed by atoms with van der Waals surface area (Å²) in [6.45, 7) is 2.31. The molecule has 0 radical (unpaired) electrons. The summed E-state index contributed by atoms with van der Waals surface area (Å²) in [6.07, 6.45) is 10.4. The van der Waals surface area contributed by atoms with E-state index in [9.17, 15) is 4.39 Å². The Balaban J connectivity index is 1.34. The minimum Gasteiger partial charge on any atom is -0.207 e. The highest BCUT2D eigenvalue weighted by Crippen LogP contribution is 2.37. The summed E-state index contributed by atoms with van der Waals surface area (Å²) in [6, 6.07) is 20.8. The van der Waals surface area contributed by atoms with E-state index in [1.165, 1.54) is 55.2 Å². The van der Waals surface area contributed by atoms with E-state index in [-0.39, 0.29) is 5.82 Å². The predicted octanol–water partition coefficient (Wildman–Crippen LogP) is 7.84. The van der Waals surface area contributed by atoms with Crippen molar-refractivity contribution in [3.05, 3.63) is 83.2 Å². The Kier molecular flexibility index (Phi) is 6.10. The molecule has 1 aliphatic rings. The van der Waals surface area contributed by atoms with E-state index in [0.29, 0.717) is 0 Å². The molecule has 1 saturated carbocycles. The highest BCUT2D eigenvalue weighted by Gasteiger charge is 2.21. The van der Waals surface area contributed by atoms with Crippen LogP contribution in [0.4, 0.5) is 4.39 Å². The molecule has 0 nitrogen and oxygen atoms in total. The predicted molar refractivity (Wildman–Crippen MR) is 117 cm³/mol. The van der Waals surface area contributed by atoms with Crippen LogP contribution in [0.5, 0.6) is 0 Å². The number of aryl methyl sites for hydroxylation is 2. The van der Waals surface area contributed by atoms with Crippen LogP contribution >= 0.6 is 0 Å². The zero-order valence-electron chi connectivity index (χ0n) is 17.0. The minimum absolute atomic E-state index is 0.167. The van der Waals surface area contributed by atoms with Gasteiger partial charge in [0.05, 0.1) is 0 Å². The van der Waals surface area contributed by atoms with E-state index in [0.717, 1.165) is 35.4 Å². The van der Waals surface area contributed by atoms with Crippen molar-refractivity contribution in [3.8, 4) is 0 Å². The maximum Gasteiger partial charge on any atom is 0.123 e. The van der Waals surface area contributed by atoms with Crippen molar-refractivity contribution < 1.29 is 4.39 Å². The van der Waals surface area contributed by atoms with Crippen LogP contribution in [0.1, 0.15) is 68.1 Å². The van der Waals surface area contributed by atoms with Crippen molar-refractivity contribution in [1.82, 2.24) is 0 Å². The average molecular weight is 375 g/mol. The minimum atomic E-state index is -0.167. The van der Waals surface area contributed by atoms with Crippen molar-refractivity contribution in [1.29, 1.82) is 0 Å². The van der Waals surface area contributed by atoms with Gasteiger partial charge < -0.3 is 0 Å². The molecule has 0 bridgehead atoms. The average Bonchev–Trinajstić information content (AvgIpc) is 2.73. The van der Waals surface area contributed by atoms with Crippen LogP contribution in [0.2, 0.25) is 0 Å². The van der Waals surface area contributed by atoms with Crippen molar-refractivity contribution in [2.24, 2.45) is 5.92 Å². The number of fused-ring (bicyclic) bond motifs is 1. The first-order valence-corrected chi connectivity index (χ1v) is 11.0. The van der Waals surface area contributed by atoms with Crippen LogP contribution in [0.3, 0.4) is 0 Å². The second-order valence-electron chi connectivity index (χ2n) is 8.57. The van der Waals surface area contributed by atoms with Gasteiger partial charge >= 0.3 is 0 Å². The van der Waals surface area contributed by atoms with Gasteiger partial charge in [0.1, 0.15) is 5.82 Å². The van der Waals surface area contributed by atoms with Crippen LogP contribution in [-0.4, -0.2) is 0 Å². The third-order valence-corrected chi connectivity index (χ3v) is 6.56. The zero-order valence-corrected chi connectivity index (χ0v) is 17.0. The summed E-state index contributed by atoms with van der Waals surface area (Å²) in [5.74, 6) is 1.57. The Labute approximate surface area is 168 Å². The van der Waals surface area contributed by atoms with E-state index < -0.39 is 0 Å². The maximum absolute atomic E-state index is 13.3. The molecule has 0 saturated heterocycles. The van der Waals surface area contributed by atoms with Gasteiger partial charge in [0.25, 0.3) is 0 Å². The number of benzene rings is 3. The number of hydrogen-bond acceptors (Lipinski definition) is 0. The fourth-order valence-electron chi connectivity index (χ4n) is 4.86. The third-order valence-electron chi connectivity index (χ3n) is 6.56. The lowest BCUT2D eigenvalue weighted by Crippen LogP contribution is -2.13. The van der Waals surface area contributed by atoms with Crippen LogP contribution in [0.15, 0.2) is 60.7 Å². The summed E-state index contributed by atoms with van der Waals surface area (Å²) in [4.78, 5) is 0. The van der Waals surface area contributed by atoms with Crippen LogP contribution in [-0.2, 0) is 12.8 Å². The van der Waals surface area contributed by atoms with Crippen molar-refractivity contribution in [2.75, 3.05) is 0 Å². The van der Waals surface area contributed by atoms with Crippen molar-refractivity contribution in [2.45, 2.75) is 64.2 Å². The first kappa shape index (κ1) is 19.2. The maximum atomic E-state index is 13.3. The van der Waals surface area contributed by atoms with Gasteiger partial charge in [-0.2, -0.15) is 0 Å². The SMILES string of the molecule is CCCC1CCC(c2ccc(CCc3ccc4cc(F)ccc4c3)cc2)CC1. The molecule has 3 aromatic rings. The molecule has 1 heteroatoms. The van der Waals surface area contributed by atoms with Crippen molar-refractivity contribution in [3.63, 3.8) is 0 Å². The van der Waals surface area contributed by atoms with Gasteiger partial charge in [-0.15, -0.1) is 0 Å². The quantitative estimate of drug-likeness (QED) is 0.412. The summed E-state index contributed by atoms with van der Waals surface area (Å²) in [7, 11) is 0. The Morgan fingerprint density at radius 1 is 0.750 bits per heavy atom. The molecule has 3 aromatic carbocycles. The van der Waals surface area contributed by atoms with E-state index in [1.54, 1.807) is 12.1 Å². The first-order valence-electron chi connectivity index (χ1n) is 11.0. The second kappa shape index (κ2) is 8.90. The van der Waals surface area contributed by atoms with Crippen LogP contribution < -0.4 is 0 Å². The fourth-order valence-corrected chi connectivity index (χ4v) is 4.86. The number of halogens is 1. The van der Waals surface area contributed by atoms with E-state index in [1.807, 2.05) is 12.1 Å². The van der Waals surface area contributed by atoms with E-state index in [2.05, 4.69) is 43.3 Å². The van der Waals surface area contributed by atoms with E-state index in [4.69, 9.17) is 0 Å². The van der Waals surface area contributed by atoms with Crippen LogP contribution in [0.25, 0.3) is 10.8 Å². The lowest BCUT2D eigenvalue weighted by Gasteiger charge is -2.28. The summed E-state index contributed by atoms with van der Waals surface area (Å²) in [5.41, 5.74) is 4.26. The standard InChI is InChI=1S/C27H31F/c1-2-3-20-6-11-23(12-7-20)24-13-8-21(9-14-24)4-5-22-10-15-26-19-27(28)17-16-25(26)18-22/h8-10,13-20,23H,2-7,11-12H2,1H3. The topological polar surface area (TPSA) is 0 Å². The molecule has 28 heavy (non-hydrogen) atoms. The molecule has 0 N–H and O–H groups in total. The Hall–Kier alpha value is -2.15. The van der Waals surface area contributed by atoms with Gasteiger partial charge in [0.2, 0.25) is 0 Å². The van der Waals surface area contributed by atoms with Gasteiger partial charge in [-0.1, -0.05) is 68.3 Å². The molecular weight excluding hydrogens is 343 g/mol. The van der Waals surface area contributed by atoms with Crippen molar-refractivity contribution >= 4 is 10.8 Å². The molecule has 0 aromatic heterocycles. The van der Waals surface area contributed by atoms with E-state index >= 15 is 0 Å². The fraction of sp³-hybridized carbons (Fsp3) is 0.407. The van der Waals surface area contributed by atoms with Gasteiger partial charge in [0.15, 0.2) is 0 Å². The van der Waals surface area contributed by atoms with Crippen LogP contribution in [0, 0.1) is 11.7 Å². The molecule has 0 amide bonds.